The summed E-state index contributed by atoms with van der Waals surface area (Å²) in [5.74, 6) is 0. The van der Waals surface area contributed by atoms with Gasteiger partial charge in [-0.2, -0.15) is 0 Å². The first kappa shape index (κ1) is 22.8. The van der Waals surface area contributed by atoms with E-state index in [0.717, 1.165) is 57.3 Å². The van der Waals surface area contributed by atoms with Gasteiger partial charge in [0.15, 0.2) is 0 Å². The minimum absolute atomic E-state index is 0.00534. The van der Waals surface area contributed by atoms with Crippen LogP contribution < -0.4 is 10.5 Å². The molecular weight excluding hydrogens is 452 g/mol. The van der Waals surface area contributed by atoms with Gasteiger partial charge in [-0.25, -0.2) is 0 Å². The van der Waals surface area contributed by atoms with Gasteiger partial charge < -0.3 is 4.90 Å². The number of anilines is 3. The summed E-state index contributed by atoms with van der Waals surface area (Å²) in [4.78, 5) is 15.9. The zero-order chi connectivity index (χ0) is 25.2. The predicted octanol–water partition coefficient (Wildman–Crippen LogP) is 8.57. The van der Waals surface area contributed by atoms with Crippen LogP contribution in [-0.4, -0.2) is 4.57 Å². The third-order valence-corrected chi connectivity index (χ3v) is 6.88. The van der Waals surface area contributed by atoms with Crippen LogP contribution in [0.2, 0.25) is 0 Å². The minimum atomic E-state index is -0.00534. The van der Waals surface area contributed by atoms with Crippen molar-refractivity contribution in [3.8, 4) is 5.69 Å². The third kappa shape index (κ3) is 4.19. The summed E-state index contributed by atoms with van der Waals surface area (Å²) in [5.41, 5.74) is 6.34. The van der Waals surface area contributed by atoms with Crippen LogP contribution in [0.4, 0.5) is 17.1 Å². The SMILES string of the molecule is CCCc1cccc(N(c2ccccc2)c2ccc(-n3c(=O)c4ccccc4c4ccccc43)cc2)c1. The lowest BCUT2D eigenvalue weighted by atomic mass is 10.1. The molecule has 180 valence electrons. The van der Waals surface area contributed by atoms with Crippen molar-refractivity contribution in [2.75, 3.05) is 4.90 Å². The molecule has 0 atom stereocenters. The Bertz CT molecular complexity index is 1750. The molecule has 1 heterocycles. The highest BCUT2D eigenvalue weighted by Crippen LogP contribution is 2.35. The number of aromatic nitrogens is 1. The van der Waals surface area contributed by atoms with Gasteiger partial charge in [0.25, 0.3) is 5.56 Å². The molecule has 3 heteroatoms. The summed E-state index contributed by atoms with van der Waals surface area (Å²) in [6.07, 6.45) is 2.16. The van der Waals surface area contributed by atoms with Gasteiger partial charge in [0.1, 0.15) is 0 Å². The number of pyridine rings is 1. The lowest BCUT2D eigenvalue weighted by Gasteiger charge is -2.26. The normalized spacial score (nSPS) is 11.2. The molecule has 37 heavy (non-hydrogen) atoms. The number of hydrogen-bond acceptors (Lipinski definition) is 2. The maximum atomic E-state index is 13.7. The van der Waals surface area contributed by atoms with Gasteiger partial charge in [-0.3, -0.25) is 9.36 Å². The average molecular weight is 481 g/mol. The second kappa shape index (κ2) is 9.79. The van der Waals surface area contributed by atoms with E-state index in [9.17, 15) is 4.79 Å². The van der Waals surface area contributed by atoms with Crippen molar-refractivity contribution in [2.24, 2.45) is 0 Å². The number of fused-ring (bicyclic) bond motifs is 3. The quantitative estimate of drug-likeness (QED) is 0.223. The first-order chi connectivity index (χ1) is 18.2. The molecule has 0 radical (unpaired) electrons. The monoisotopic (exact) mass is 480 g/mol. The van der Waals surface area contributed by atoms with Crippen molar-refractivity contribution in [3.63, 3.8) is 0 Å². The second-order valence-electron chi connectivity index (χ2n) is 9.31. The van der Waals surface area contributed by atoms with Crippen molar-refractivity contribution in [3.05, 3.63) is 143 Å². The van der Waals surface area contributed by atoms with Gasteiger partial charge >= 0.3 is 0 Å². The molecule has 3 nitrogen and oxygen atoms in total. The van der Waals surface area contributed by atoms with Crippen LogP contribution >= 0.6 is 0 Å². The highest BCUT2D eigenvalue weighted by Gasteiger charge is 2.15. The highest BCUT2D eigenvalue weighted by molar-refractivity contribution is 6.06. The van der Waals surface area contributed by atoms with E-state index in [1.165, 1.54) is 5.56 Å². The van der Waals surface area contributed by atoms with Gasteiger partial charge in [0.05, 0.1) is 5.52 Å². The molecule has 0 saturated carbocycles. The van der Waals surface area contributed by atoms with Gasteiger partial charge in [0, 0.05) is 33.5 Å². The standard InChI is InChI=1S/C34H28N2O/c1-2-11-25-12-10-15-29(24-25)35(26-13-4-3-5-14-26)27-20-22-28(23-21-27)36-33-19-9-8-17-31(33)30-16-6-7-18-32(30)34(36)37/h3-10,12-24H,2,11H2,1H3. The Morgan fingerprint density at radius 2 is 1.22 bits per heavy atom. The summed E-state index contributed by atoms with van der Waals surface area (Å²) in [6, 6.07) is 43.4. The molecule has 0 aliphatic rings. The smallest absolute Gasteiger partial charge is 0.263 e. The van der Waals surface area contributed by atoms with E-state index in [1.54, 1.807) is 0 Å². The molecular formula is C34H28N2O. The van der Waals surface area contributed by atoms with Crippen LogP contribution in [0.1, 0.15) is 18.9 Å². The number of rotatable bonds is 6. The Balaban J connectivity index is 1.50. The Hall–Kier alpha value is -4.63. The molecule has 0 aliphatic heterocycles. The molecule has 6 rings (SSSR count). The zero-order valence-corrected chi connectivity index (χ0v) is 20.8. The molecule has 6 aromatic rings. The highest BCUT2D eigenvalue weighted by atomic mass is 16.1. The lowest BCUT2D eigenvalue weighted by molar-refractivity contribution is 0.921. The van der Waals surface area contributed by atoms with E-state index in [0.29, 0.717) is 0 Å². The molecule has 0 saturated heterocycles. The first-order valence-corrected chi connectivity index (χ1v) is 12.8. The fourth-order valence-corrected chi connectivity index (χ4v) is 5.20. The zero-order valence-electron chi connectivity index (χ0n) is 20.8. The molecule has 0 unspecified atom stereocenters. The largest absolute Gasteiger partial charge is 0.310 e. The van der Waals surface area contributed by atoms with E-state index in [1.807, 2.05) is 65.2 Å². The summed E-state index contributed by atoms with van der Waals surface area (Å²) in [5, 5.41) is 2.78. The van der Waals surface area contributed by atoms with Crippen LogP contribution in [0.5, 0.6) is 0 Å². The van der Waals surface area contributed by atoms with Crippen LogP contribution in [0.25, 0.3) is 27.4 Å². The minimum Gasteiger partial charge on any atom is -0.310 e. The Morgan fingerprint density at radius 1 is 0.595 bits per heavy atom. The summed E-state index contributed by atoms with van der Waals surface area (Å²) < 4.78 is 1.83. The summed E-state index contributed by atoms with van der Waals surface area (Å²) in [6.45, 7) is 2.21. The van der Waals surface area contributed by atoms with Gasteiger partial charge in [0.2, 0.25) is 0 Å². The Morgan fingerprint density at radius 3 is 1.97 bits per heavy atom. The van der Waals surface area contributed by atoms with Crippen molar-refractivity contribution in [1.29, 1.82) is 0 Å². The molecule has 5 aromatic carbocycles. The first-order valence-electron chi connectivity index (χ1n) is 12.8. The lowest BCUT2D eigenvalue weighted by Crippen LogP contribution is -2.19. The van der Waals surface area contributed by atoms with Gasteiger partial charge in [-0.1, -0.05) is 80.1 Å². The number of para-hydroxylation sites is 2. The van der Waals surface area contributed by atoms with Crippen molar-refractivity contribution >= 4 is 38.7 Å². The molecule has 0 aliphatic carbocycles. The van der Waals surface area contributed by atoms with Crippen molar-refractivity contribution < 1.29 is 0 Å². The summed E-state index contributed by atoms with van der Waals surface area (Å²) >= 11 is 0. The van der Waals surface area contributed by atoms with E-state index in [2.05, 4.69) is 78.6 Å². The average Bonchev–Trinajstić information content (AvgIpc) is 2.95. The molecule has 0 spiro atoms. The van der Waals surface area contributed by atoms with Gasteiger partial charge in [-0.15, -0.1) is 0 Å². The van der Waals surface area contributed by atoms with Crippen molar-refractivity contribution in [2.45, 2.75) is 19.8 Å². The molecule has 1 aromatic heterocycles. The Kier molecular flexibility index (Phi) is 6.03. The van der Waals surface area contributed by atoms with Crippen LogP contribution in [0.3, 0.4) is 0 Å². The third-order valence-electron chi connectivity index (χ3n) is 6.88. The number of aryl methyl sites for hydroxylation is 1. The predicted molar refractivity (Wildman–Crippen MR) is 156 cm³/mol. The summed E-state index contributed by atoms with van der Waals surface area (Å²) in [7, 11) is 0. The number of hydrogen-bond donors (Lipinski definition) is 0. The van der Waals surface area contributed by atoms with Crippen LogP contribution in [-0.2, 0) is 6.42 Å². The Labute approximate surface area is 216 Å². The topological polar surface area (TPSA) is 25.2 Å². The van der Waals surface area contributed by atoms with E-state index >= 15 is 0 Å². The fraction of sp³-hybridized carbons (Fsp3) is 0.0882. The number of benzene rings is 5. The number of nitrogens with zero attached hydrogens (tertiary/aromatic N) is 2. The molecule has 0 fully saturated rings. The van der Waals surface area contributed by atoms with Crippen molar-refractivity contribution in [1.82, 2.24) is 4.57 Å². The second-order valence-corrected chi connectivity index (χ2v) is 9.31. The maximum Gasteiger partial charge on any atom is 0.263 e. The fourth-order valence-electron chi connectivity index (χ4n) is 5.20. The van der Waals surface area contributed by atoms with E-state index < -0.39 is 0 Å². The van der Waals surface area contributed by atoms with Crippen LogP contribution in [0.15, 0.2) is 132 Å². The maximum absolute atomic E-state index is 13.7. The van der Waals surface area contributed by atoms with Gasteiger partial charge in [-0.05, 0) is 78.0 Å². The molecule has 0 N–H and O–H groups in total. The van der Waals surface area contributed by atoms with E-state index in [4.69, 9.17) is 0 Å². The van der Waals surface area contributed by atoms with Crippen LogP contribution in [0, 0.1) is 0 Å². The molecule has 0 amide bonds. The van der Waals surface area contributed by atoms with E-state index in [-0.39, 0.29) is 5.56 Å². The molecule has 0 bridgehead atoms.